The lowest BCUT2D eigenvalue weighted by atomic mass is 9.86. The highest BCUT2D eigenvalue weighted by Gasteiger charge is 2.42. The van der Waals surface area contributed by atoms with Crippen molar-refractivity contribution in [1.29, 1.82) is 0 Å². The van der Waals surface area contributed by atoms with Crippen LogP contribution in [0.25, 0.3) is 0 Å². The number of carbonyl (C=O) groups is 2. The Balaban J connectivity index is 0.000000507. The fourth-order valence-corrected chi connectivity index (χ4v) is 12.1. The number of nitrogens with zero attached hydrogens (tertiary/aromatic N) is 2. The SMILES string of the molecule is COc1ccc(CC2c3cc(OC)c(OC)cc3CC[N+]2(C)CCC(=O)OCCCCCOC(=O)CC[N+]2(C)CCc3cc(OC)c(OC)cc3C2Cc2ccc(OC)c(OC)c2)cc1OC.O=S(=O)([O-])c1ccccc1.O=S(=O)([O-])c1ccccc1. The van der Waals surface area contributed by atoms with Crippen molar-refractivity contribution in [2.45, 2.75) is 79.7 Å². The zero-order valence-corrected chi connectivity index (χ0v) is 53.0. The molecule has 0 N–H and O–H groups in total. The molecule has 0 fully saturated rings. The minimum absolute atomic E-state index is 0.0393. The third-order valence-electron chi connectivity index (χ3n) is 16.1. The fourth-order valence-electron chi connectivity index (χ4n) is 11.1. The number of quaternary nitrogens is 2. The molecule has 0 aliphatic carbocycles. The number of methoxy groups -OCH3 is 8. The van der Waals surface area contributed by atoms with Crippen LogP contribution in [0.3, 0.4) is 0 Å². The zero-order valence-electron chi connectivity index (χ0n) is 51.4. The maximum Gasteiger partial charge on any atom is 0.311 e. The van der Waals surface area contributed by atoms with Gasteiger partial charge in [-0.3, -0.25) is 9.59 Å². The molecule has 2 heterocycles. The second kappa shape index (κ2) is 31.9. The standard InChI is InChI=1S/C53H72N2O12.2C6H6O3S/c1-54(22-18-38-32-48(62-7)50(64-9)34-40(38)42(54)28-36-14-16-44(58-3)46(30-36)60-5)24-20-52(56)66-26-12-11-13-27-67-53(57)21-25-55(2)23-19-39-33-49(63-8)51(65-10)35-41(39)43(55)29-37-15-17-45(59-4)47(31-37)61-6;2*7-10(8,9)6-4-2-1-3-5-6/h14-17,30-35,42-43H,11-13,18-29H2,1-10H3;2*1-5H,(H,7,8,9)/q+2;;/p-2. The number of benzene rings is 6. The highest BCUT2D eigenvalue weighted by atomic mass is 32.2. The normalized spacial score (nSPS) is 17.7. The van der Waals surface area contributed by atoms with Gasteiger partial charge in [0, 0.05) is 36.8 Å². The van der Waals surface area contributed by atoms with Gasteiger partial charge < -0.3 is 65.4 Å². The molecule has 20 nitrogen and oxygen atoms in total. The van der Waals surface area contributed by atoms with E-state index in [1.54, 1.807) is 69.0 Å². The third-order valence-corrected chi connectivity index (χ3v) is 17.8. The van der Waals surface area contributed by atoms with Crippen LogP contribution in [0.1, 0.15) is 77.6 Å². The average molecular weight is 1240 g/mol. The van der Waals surface area contributed by atoms with Gasteiger partial charge >= 0.3 is 11.9 Å². The Hall–Kier alpha value is -7.60. The van der Waals surface area contributed by atoms with E-state index in [2.05, 4.69) is 50.5 Å². The monoisotopic (exact) mass is 1240 g/mol. The summed E-state index contributed by atoms with van der Waals surface area (Å²) in [4.78, 5) is 26.0. The van der Waals surface area contributed by atoms with E-state index in [0.717, 1.165) is 56.3 Å². The minimum atomic E-state index is -4.25. The van der Waals surface area contributed by atoms with E-state index in [-0.39, 0.29) is 33.8 Å². The molecule has 0 aromatic heterocycles. The van der Waals surface area contributed by atoms with Crippen LogP contribution in [0.15, 0.2) is 131 Å². The van der Waals surface area contributed by atoms with Gasteiger partial charge in [-0.1, -0.05) is 48.5 Å². The van der Waals surface area contributed by atoms with E-state index in [1.165, 1.54) is 70.8 Å². The summed E-state index contributed by atoms with van der Waals surface area (Å²) in [6, 6.07) is 34.9. The van der Waals surface area contributed by atoms with E-state index in [0.29, 0.717) is 107 Å². The first kappa shape index (κ1) is 68.5. The van der Waals surface area contributed by atoms with Crippen molar-refractivity contribution >= 4 is 32.2 Å². The number of hydrogen-bond donors (Lipinski definition) is 0. The summed E-state index contributed by atoms with van der Waals surface area (Å²) < 4.78 is 120. The molecule has 6 aromatic rings. The number of rotatable bonds is 26. The van der Waals surface area contributed by atoms with Gasteiger partial charge in [0.1, 0.15) is 32.3 Å². The molecule has 472 valence electrons. The van der Waals surface area contributed by atoms with E-state index in [9.17, 15) is 35.5 Å². The van der Waals surface area contributed by atoms with Crippen molar-refractivity contribution in [3.8, 4) is 46.0 Å². The Bertz CT molecular complexity index is 3230. The van der Waals surface area contributed by atoms with Gasteiger partial charge in [-0.15, -0.1) is 0 Å². The van der Waals surface area contributed by atoms with Crippen LogP contribution in [-0.4, -0.2) is 157 Å². The number of fused-ring (bicyclic) bond motifs is 2. The summed E-state index contributed by atoms with van der Waals surface area (Å²) in [6.07, 6.45) is 5.85. The van der Waals surface area contributed by atoms with Crippen molar-refractivity contribution in [1.82, 2.24) is 0 Å². The van der Waals surface area contributed by atoms with Gasteiger partial charge in [-0.2, -0.15) is 0 Å². The van der Waals surface area contributed by atoms with Gasteiger partial charge in [0.05, 0.1) is 133 Å². The van der Waals surface area contributed by atoms with Gasteiger partial charge in [0.15, 0.2) is 46.0 Å². The molecule has 0 bridgehead atoms. The highest BCUT2D eigenvalue weighted by molar-refractivity contribution is 7.86. The fraction of sp³-hybridized carbons (Fsp3) is 0.415. The van der Waals surface area contributed by atoms with Crippen LogP contribution in [0, 0.1) is 0 Å². The molecular weight excluding hydrogens is 1160 g/mol. The zero-order chi connectivity index (χ0) is 63.4. The van der Waals surface area contributed by atoms with Crippen molar-refractivity contribution in [2.24, 2.45) is 0 Å². The first-order valence-electron chi connectivity index (χ1n) is 28.5. The third kappa shape index (κ3) is 18.7. The van der Waals surface area contributed by atoms with E-state index >= 15 is 0 Å². The van der Waals surface area contributed by atoms with Crippen molar-refractivity contribution < 1.29 is 91.9 Å². The van der Waals surface area contributed by atoms with Crippen LogP contribution >= 0.6 is 0 Å². The molecule has 6 aromatic carbocycles. The molecule has 4 atom stereocenters. The van der Waals surface area contributed by atoms with Crippen LogP contribution in [-0.2, 0) is 65.0 Å². The van der Waals surface area contributed by atoms with Gasteiger partial charge in [-0.05, 0) is 114 Å². The Kier molecular flexibility index (Phi) is 25.1. The molecule has 22 heteroatoms. The number of unbranched alkanes of at least 4 members (excludes halogenated alkanes) is 2. The van der Waals surface area contributed by atoms with Crippen LogP contribution in [0.4, 0.5) is 0 Å². The lowest BCUT2D eigenvalue weighted by Gasteiger charge is -2.46. The molecule has 0 saturated carbocycles. The van der Waals surface area contributed by atoms with Crippen molar-refractivity contribution in [3.05, 3.63) is 155 Å². The lowest BCUT2D eigenvalue weighted by molar-refractivity contribution is -0.940. The second-order valence-electron chi connectivity index (χ2n) is 21.5. The van der Waals surface area contributed by atoms with Gasteiger partial charge in [0.25, 0.3) is 0 Å². The molecule has 0 spiro atoms. The van der Waals surface area contributed by atoms with E-state index < -0.39 is 20.2 Å². The molecular formula is C65H82N2O18S2. The van der Waals surface area contributed by atoms with Crippen LogP contribution < -0.4 is 37.9 Å². The molecule has 4 unspecified atom stereocenters. The Labute approximate surface area is 512 Å². The molecule has 8 rings (SSSR count). The summed E-state index contributed by atoms with van der Waals surface area (Å²) in [5.74, 6) is 5.06. The predicted octanol–water partition coefficient (Wildman–Crippen LogP) is 9.25. The highest BCUT2D eigenvalue weighted by Crippen LogP contribution is 2.45. The molecule has 2 aliphatic heterocycles. The first-order valence-corrected chi connectivity index (χ1v) is 31.3. The molecule has 87 heavy (non-hydrogen) atoms. The Morgan fingerprint density at radius 3 is 1.07 bits per heavy atom. The first-order chi connectivity index (χ1) is 41.6. The number of esters is 2. The molecule has 0 saturated heterocycles. The van der Waals surface area contributed by atoms with Crippen molar-refractivity contribution in [3.63, 3.8) is 0 Å². The minimum Gasteiger partial charge on any atom is -0.744 e. The number of carbonyl (C=O) groups excluding carboxylic acids is 2. The van der Waals surface area contributed by atoms with E-state index in [4.69, 9.17) is 47.4 Å². The largest absolute Gasteiger partial charge is 0.744 e. The Morgan fingerprint density at radius 2 is 0.759 bits per heavy atom. The number of ether oxygens (including phenoxy) is 10. The average Bonchev–Trinajstić information content (AvgIpc) is 1.78. The van der Waals surface area contributed by atoms with Gasteiger partial charge in [-0.25, -0.2) is 16.8 Å². The van der Waals surface area contributed by atoms with E-state index in [1.807, 2.05) is 24.3 Å². The summed E-state index contributed by atoms with van der Waals surface area (Å²) in [7, 11) is 9.11. The maximum absolute atomic E-state index is 13.2. The molecule has 2 aliphatic rings. The number of hydrogen-bond acceptors (Lipinski definition) is 18. The predicted molar refractivity (Wildman–Crippen MR) is 324 cm³/mol. The summed E-state index contributed by atoms with van der Waals surface area (Å²) in [6.45, 7) is 3.57. The second-order valence-corrected chi connectivity index (χ2v) is 24.3. The summed E-state index contributed by atoms with van der Waals surface area (Å²) in [5.41, 5.74) is 7.00. The lowest BCUT2D eigenvalue weighted by Crippen LogP contribution is -2.53. The Morgan fingerprint density at radius 1 is 0.437 bits per heavy atom. The topological polar surface area (TPSA) is 241 Å². The molecule has 0 radical (unpaired) electrons. The van der Waals surface area contributed by atoms with Crippen molar-refractivity contribution in [2.75, 3.05) is 110 Å². The summed E-state index contributed by atoms with van der Waals surface area (Å²) >= 11 is 0. The molecule has 0 amide bonds. The smallest absolute Gasteiger partial charge is 0.311 e. The summed E-state index contributed by atoms with van der Waals surface area (Å²) in [5, 5.41) is 0. The van der Waals surface area contributed by atoms with Crippen LogP contribution in [0.2, 0.25) is 0 Å². The van der Waals surface area contributed by atoms with Gasteiger partial charge in [0.2, 0.25) is 0 Å². The quantitative estimate of drug-likeness (QED) is 0.0213. The number of likely N-dealkylation sites (N-methyl/N-ethyl adjacent to an activating group) is 2. The van der Waals surface area contributed by atoms with Crippen LogP contribution in [0.5, 0.6) is 46.0 Å². The maximum atomic E-state index is 13.2.